The molecule has 1 aliphatic carbocycles. The van der Waals surface area contributed by atoms with Crippen LogP contribution in [-0.2, 0) is 4.74 Å². The zero-order valence-corrected chi connectivity index (χ0v) is 12.3. The Morgan fingerprint density at radius 1 is 1.47 bits per heavy atom. The molecular formula is C13H26N2OS. The Labute approximate surface area is 111 Å². The minimum Gasteiger partial charge on any atom is -0.383 e. The van der Waals surface area contributed by atoms with E-state index in [-0.39, 0.29) is 6.04 Å². The van der Waals surface area contributed by atoms with Crippen molar-refractivity contribution in [3.8, 4) is 0 Å². The van der Waals surface area contributed by atoms with Gasteiger partial charge in [0, 0.05) is 26.2 Å². The molecule has 0 saturated heterocycles. The highest BCUT2D eigenvalue weighted by Gasteiger charge is 2.26. The monoisotopic (exact) mass is 258 g/mol. The lowest BCUT2D eigenvalue weighted by Gasteiger charge is -2.38. The third kappa shape index (κ3) is 4.43. The zero-order valence-electron chi connectivity index (χ0n) is 11.5. The highest BCUT2D eigenvalue weighted by molar-refractivity contribution is 7.80. The first kappa shape index (κ1) is 14.7. The van der Waals surface area contributed by atoms with Gasteiger partial charge in [-0.3, -0.25) is 0 Å². The lowest BCUT2D eigenvalue weighted by atomic mass is 9.85. The van der Waals surface area contributed by atoms with Crippen molar-refractivity contribution in [3.63, 3.8) is 0 Å². The molecule has 1 saturated carbocycles. The smallest absolute Gasteiger partial charge is 0.169 e. The van der Waals surface area contributed by atoms with E-state index in [4.69, 9.17) is 17.0 Å². The average Bonchev–Trinajstić information content (AvgIpc) is 2.29. The highest BCUT2D eigenvalue weighted by atomic mass is 32.1. The normalized spacial score (nSPS) is 26.4. The number of ether oxygens (including phenoxy) is 1. The summed E-state index contributed by atoms with van der Waals surface area (Å²) in [7, 11) is 3.83. The molecule has 3 atom stereocenters. The van der Waals surface area contributed by atoms with Crippen LogP contribution in [0.15, 0.2) is 0 Å². The number of nitrogens with one attached hydrogen (secondary N) is 1. The van der Waals surface area contributed by atoms with Gasteiger partial charge in [0.1, 0.15) is 0 Å². The van der Waals surface area contributed by atoms with Crippen LogP contribution in [0.5, 0.6) is 0 Å². The van der Waals surface area contributed by atoms with Crippen LogP contribution in [0.2, 0.25) is 0 Å². The summed E-state index contributed by atoms with van der Waals surface area (Å²) in [6, 6.07) is 0.868. The van der Waals surface area contributed by atoms with Gasteiger partial charge in [-0.25, -0.2) is 0 Å². The molecule has 0 heterocycles. The minimum atomic E-state index is 0.272. The number of hydrogen-bond donors (Lipinski definition) is 1. The number of nitrogens with zero attached hydrogens (tertiary/aromatic N) is 1. The number of methoxy groups -OCH3 is 1. The van der Waals surface area contributed by atoms with Gasteiger partial charge in [-0.2, -0.15) is 0 Å². The van der Waals surface area contributed by atoms with E-state index in [1.807, 2.05) is 0 Å². The lowest BCUT2D eigenvalue weighted by Crippen LogP contribution is -2.50. The molecule has 0 radical (unpaired) electrons. The van der Waals surface area contributed by atoms with Crippen LogP contribution >= 0.6 is 12.2 Å². The van der Waals surface area contributed by atoms with Gasteiger partial charge in [-0.05, 0) is 37.9 Å². The summed E-state index contributed by atoms with van der Waals surface area (Å²) in [5, 5.41) is 4.19. The maximum atomic E-state index is 5.46. The first-order valence-electron chi connectivity index (χ1n) is 6.58. The van der Waals surface area contributed by atoms with Crippen molar-refractivity contribution >= 4 is 17.3 Å². The highest BCUT2D eigenvalue weighted by Crippen LogP contribution is 2.27. The van der Waals surface area contributed by atoms with Crippen LogP contribution in [0, 0.1) is 5.92 Å². The first-order valence-corrected chi connectivity index (χ1v) is 6.99. The predicted molar refractivity (Wildman–Crippen MR) is 76.3 cm³/mol. The Hall–Kier alpha value is -0.350. The van der Waals surface area contributed by atoms with Crippen molar-refractivity contribution in [1.82, 2.24) is 10.2 Å². The van der Waals surface area contributed by atoms with Gasteiger partial charge in [0.25, 0.3) is 0 Å². The fourth-order valence-electron chi connectivity index (χ4n) is 2.63. The van der Waals surface area contributed by atoms with Crippen LogP contribution in [0.1, 0.15) is 39.5 Å². The molecule has 1 N–H and O–H groups in total. The van der Waals surface area contributed by atoms with Gasteiger partial charge in [0.05, 0.1) is 6.61 Å². The molecule has 100 valence electrons. The van der Waals surface area contributed by atoms with Crippen LogP contribution in [-0.4, -0.2) is 42.9 Å². The van der Waals surface area contributed by atoms with Crippen molar-refractivity contribution in [2.45, 2.75) is 51.6 Å². The molecule has 1 fully saturated rings. The van der Waals surface area contributed by atoms with Crippen molar-refractivity contribution in [2.75, 3.05) is 20.8 Å². The van der Waals surface area contributed by atoms with Crippen LogP contribution in [0.4, 0.5) is 0 Å². The van der Waals surface area contributed by atoms with Gasteiger partial charge < -0.3 is 15.0 Å². The number of rotatable bonds is 4. The van der Waals surface area contributed by atoms with E-state index in [0.717, 1.165) is 11.0 Å². The molecule has 0 amide bonds. The van der Waals surface area contributed by atoms with Crippen LogP contribution in [0.3, 0.4) is 0 Å². The van der Waals surface area contributed by atoms with Crippen LogP contribution < -0.4 is 5.32 Å². The Morgan fingerprint density at radius 2 is 2.12 bits per heavy atom. The van der Waals surface area contributed by atoms with E-state index in [0.29, 0.717) is 12.6 Å². The quantitative estimate of drug-likeness (QED) is 0.783. The van der Waals surface area contributed by atoms with Gasteiger partial charge in [0.15, 0.2) is 5.11 Å². The molecule has 0 aromatic heterocycles. The number of hydrogen-bond acceptors (Lipinski definition) is 2. The van der Waals surface area contributed by atoms with Crippen molar-refractivity contribution < 1.29 is 4.74 Å². The van der Waals surface area contributed by atoms with E-state index < -0.39 is 0 Å². The third-order valence-corrected chi connectivity index (χ3v) is 4.08. The zero-order chi connectivity index (χ0) is 12.8. The largest absolute Gasteiger partial charge is 0.383 e. The van der Waals surface area contributed by atoms with Crippen LogP contribution in [0.25, 0.3) is 0 Å². The molecule has 1 rings (SSSR count). The maximum absolute atomic E-state index is 5.46. The van der Waals surface area contributed by atoms with E-state index in [2.05, 4.69) is 31.1 Å². The van der Waals surface area contributed by atoms with E-state index in [1.54, 1.807) is 7.11 Å². The molecule has 17 heavy (non-hydrogen) atoms. The third-order valence-electron chi connectivity index (χ3n) is 3.67. The summed E-state index contributed by atoms with van der Waals surface area (Å²) < 4.78 is 5.11. The Balaban J connectivity index is 2.44. The van der Waals surface area contributed by atoms with Gasteiger partial charge >= 0.3 is 0 Å². The molecule has 0 aromatic rings. The Bertz CT molecular complexity index is 248. The molecule has 0 aromatic carbocycles. The Morgan fingerprint density at radius 3 is 2.71 bits per heavy atom. The molecule has 0 aliphatic heterocycles. The first-order chi connectivity index (χ1) is 8.06. The molecule has 3 nitrogen and oxygen atoms in total. The molecule has 0 spiro atoms. The molecule has 4 heteroatoms. The second-order valence-corrected chi connectivity index (χ2v) is 5.63. The van der Waals surface area contributed by atoms with Gasteiger partial charge in [0.2, 0.25) is 0 Å². The molecule has 3 unspecified atom stereocenters. The van der Waals surface area contributed by atoms with Crippen molar-refractivity contribution in [3.05, 3.63) is 0 Å². The maximum Gasteiger partial charge on any atom is 0.169 e. The Kier molecular flexibility index (Phi) is 6.20. The second-order valence-electron chi connectivity index (χ2n) is 5.25. The predicted octanol–water partition coefficient (Wildman–Crippen LogP) is 2.41. The molecular weight excluding hydrogens is 232 g/mol. The van der Waals surface area contributed by atoms with E-state index >= 15 is 0 Å². The van der Waals surface area contributed by atoms with Gasteiger partial charge in [-0.15, -0.1) is 0 Å². The summed E-state index contributed by atoms with van der Waals surface area (Å²) in [5.41, 5.74) is 0. The topological polar surface area (TPSA) is 24.5 Å². The molecule has 0 bridgehead atoms. The van der Waals surface area contributed by atoms with E-state index in [9.17, 15) is 0 Å². The second kappa shape index (κ2) is 7.17. The standard InChI is InChI=1S/C13H26N2OS/c1-10-7-5-6-8-12(10)15(3)13(17)14-11(2)9-16-4/h10-12H,5-9H2,1-4H3,(H,14,17). The van der Waals surface area contributed by atoms with E-state index in [1.165, 1.54) is 25.7 Å². The average molecular weight is 258 g/mol. The minimum absolute atomic E-state index is 0.272. The summed E-state index contributed by atoms with van der Waals surface area (Å²) >= 11 is 5.46. The summed E-state index contributed by atoms with van der Waals surface area (Å²) in [6.45, 7) is 5.11. The summed E-state index contributed by atoms with van der Waals surface area (Å²) in [6.07, 6.45) is 5.28. The SMILES string of the molecule is COCC(C)NC(=S)N(C)C1CCCCC1C. The summed E-state index contributed by atoms with van der Waals surface area (Å²) in [5.74, 6) is 0.742. The summed E-state index contributed by atoms with van der Waals surface area (Å²) in [4.78, 5) is 2.24. The molecule has 1 aliphatic rings. The van der Waals surface area contributed by atoms with Gasteiger partial charge in [-0.1, -0.05) is 19.8 Å². The van der Waals surface area contributed by atoms with Crippen molar-refractivity contribution in [1.29, 1.82) is 0 Å². The van der Waals surface area contributed by atoms with Crippen molar-refractivity contribution in [2.24, 2.45) is 5.92 Å². The fraction of sp³-hybridized carbons (Fsp3) is 0.923. The lowest BCUT2D eigenvalue weighted by molar-refractivity contribution is 0.172. The number of thiocarbonyl (C=S) groups is 1. The fourth-order valence-corrected chi connectivity index (χ4v) is 2.96.